The van der Waals surface area contributed by atoms with Crippen LogP contribution in [-0.4, -0.2) is 52.5 Å². The molecule has 1 aliphatic heterocycles. The number of Topliss-reactive ketones (excluding diaryl/α,β-unsaturated/α-hetero) is 1. The Morgan fingerprint density at radius 2 is 2.07 bits per heavy atom. The number of allylic oxidation sites excluding steroid dienone is 3. The number of phenolic OH excluding ortho intramolecular Hbond substituents is 2. The number of hydrogen-bond acceptors (Lipinski definition) is 8. The molecule has 1 aromatic rings. The third-order valence-corrected chi connectivity index (χ3v) is 5.27. The number of ketones is 1. The SMILES string of the molecule is C/C=C/C1=CC2=C(CO1)C(=O)[C@](C)(O)[C@H](OC(=O)c1c(C)cc(O)c(O)c1OC)C2. The summed E-state index contributed by atoms with van der Waals surface area (Å²) < 4.78 is 16.1. The number of carbonyl (C=O) groups excluding carboxylic acids is 2. The Hall–Kier alpha value is -3.26. The minimum absolute atomic E-state index is 0.0277. The van der Waals surface area contributed by atoms with E-state index in [1.54, 1.807) is 18.2 Å². The number of ether oxygens (including phenoxy) is 3. The summed E-state index contributed by atoms with van der Waals surface area (Å²) in [5.74, 6) is -2.20. The van der Waals surface area contributed by atoms with Crippen LogP contribution < -0.4 is 4.74 Å². The molecule has 0 spiro atoms. The Labute approximate surface area is 173 Å². The van der Waals surface area contributed by atoms with Crippen LogP contribution in [0.5, 0.6) is 17.2 Å². The number of esters is 1. The summed E-state index contributed by atoms with van der Waals surface area (Å²) in [5.41, 5.74) is -0.787. The van der Waals surface area contributed by atoms with E-state index < -0.39 is 35.0 Å². The molecule has 1 aromatic carbocycles. The molecule has 0 aromatic heterocycles. The summed E-state index contributed by atoms with van der Waals surface area (Å²) >= 11 is 0. The number of benzene rings is 1. The van der Waals surface area contributed by atoms with Crippen molar-refractivity contribution < 1.29 is 39.1 Å². The molecule has 0 saturated heterocycles. The van der Waals surface area contributed by atoms with Gasteiger partial charge in [0, 0.05) is 12.0 Å². The van der Waals surface area contributed by atoms with E-state index in [0.29, 0.717) is 22.5 Å². The standard InChI is InChI=1S/C22H24O8/c1-5-6-13-8-12-9-16(22(3,27)20(25)14(12)10-29-13)30-21(26)17-11(2)7-15(23)18(24)19(17)28-4/h5-8,16,23-24,27H,9-10H2,1-4H3/b6-5+/t16-,22-/m1/s1. The molecule has 3 N–H and O–H groups in total. The second-order valence-corrected chi connectivity index (χ2v) is 7.38. The molecule has 3 rings (SSSR count). The summed E-state index contributed by atoms with van der Waals surface area (Å²) in [6, 6.07) is 1.20. The summed E-state index contributed by atoms with van der Waals surface area (Å²) in [6.45, 7) is 4.69. The van der Waals surface area contributed by atoms with Gasteiger partial charge >= 0.3 is 5.97 Å². The summed E-state index contributed by atoms with van der Waals surface area (Å²) in [6.07, 6.45) is 4.16. The van der Waals surface area contributed by atoms with Gasteiger partial charge in [-0.2, -0.15) is 0 Å². The van der Waals surface area contributed by atoms with Crippen LogP contribution in [0.4, 0.5) is 0 Å². The van der Waals surface area contributed by atoms with Crippen molar-refractivity contribution in [1.82, 2.24) is 0 Å². The normalized spacial score (nSPS) is 23.7. The smallest absolute Gasteiger partial charge is 0.342 e. The maximum absolute atomic E-state index is 12.9. The zero-order chi connectivity index (χ0) is 22.2. The summed E-state index contributed by atoms with van der Waals surface area (Å²) in [4.78, 5) is 25.8. The maximum atomic E-state index is 12.9. The molecule has 0 bridgehead atoms. The van der Waals surface area contributed by atoms with Crippen LogP contribution in [-0.2, 0) is 14.3 Å². The zero-order valence-electron chi connectivity index (χ0n) is 17.2. The molecule has 0 saturated carbocycles. The van der Waals surface area contributed by atoms with E-state index in [2.05, 4.69) is 0 Å². The number of aliphatic hydroxyl groups is 1. The van der Waals surface area contributed by atoms with Crippen LogP contribution in [0.15, 0.2) is 41.2 Å². The first kappa shape index (κ1) is 21.4. The van der Waals surface area contributed by atoms with Gasteiger partial charge in [-0.1, -0.05) is 6.08 Å². The molecule has 0 radical (unpaired) electrons. The summed E-state index contributed by atoms with van der Waals surface area (Å²) in [5, 5.41) is 30.6. The summed E-state index contributed by atoms with van der Waals surface area (Å²) in [7, 11) is 1.23. The van der Waals surface area contributed by atoms with Gasteiger partial charge in [-0.05, 0) is 50.1 Å². The minimum Gasteiger partial charge on any atom is -0.504 e. The van der Waals surface area contributed by atoms with Crippen LogP contribution in [0.3, 0.4) is 0 Å². The van der Waals surface area contributed by atoms with Crippen LogP contribution >= 0.6 is 0 Å². The van der Waals surface area contributed by atoms with E-state index in [9.17, 15) is 24.9 Å². The molecule has 0 fully saturated rings. The highest BCUT2D eigenvalue weighted by atomic mass is 16.6. The topological polar surface area (TPSA) is 123 Å². The Balaban J connectivity index is 1.96. The van der Waals surface area contributed by atoms with Crippen molar-refractivity contribution >= 4 is 11.8 Å². The maximum Gasteiger partial charge on any atom is 0.342 e. The minimum atomic E-state index is -1.95. The van der Waals surface area contributed by atoms with Gasteiger partial charge < -0.3 is 29.5 Å². The lowest BCUT2D eigenvalue weighted by Gasteiger charge is -2.38. The number of methoxy groups -OCH3 is 1. The van der Waals surface area contributed by atoms with Gasteiger partial charge in [0.25, 0.3) is 0 Å². The predicted octanol–water partition coefficient (Wildman–Crippen LogP) is 2.45. The molecular weight excluding hydrogens is 392 g/mol. The van der Waals surface area contributed by atoms with Crippen molar-refractivity contribution in [1.29, 1.82) is 0 Å². The van der Waals surface area contributed by atoms with Crippen LogP contribution in [0.2, 0.25) is 0 Å². The largest absolute Gasteiger partial charge is 0.504 e. The van der Waals surface area contributed by atoms with Gasteiger partial charge in [0.05, 0.1) is 7.11 Å². The zero-order valence-corrected chi connectivity index (χ0v) is 17.2. The van der Waals surface area contributed by atoms with Gasteiger partial charge in [-0.25, -0.2) is 4.79 Å². The van der Waals surface area contributed by atoms with Gasteiger partial charge in [0.15, 0.2) is 22.9 Å². The molecule has 8 heteroatoms. The van der Waals surface area contributed by atoms with Crippen molar-refractivity contribution in [3.63, 3.8) is 0 Å². The van der Waals surface area contributed by atoms with Crippen molar-refractivity contribution in [2.24, 2.45) is 0 Å². The molecule has 1 aliphatic carbocycles. The first-order valence-corrected chi connectivity index (χ1v) is 9.38. The fraction of sp³-hybridized carbons (Fsp3) is 0.364. The fourth-order valence-electron chi connectivity index (χ4n) is 3.61. The predicted molar refractivity (Wildman–Crippen MR) is 106 cm³/mol. The second-order valence-electron chi connectivity index (χ2n) is 7.38. The molecule has 160 valence electrons. The average Bonchev–Trinajstić information content (AvgIpc) is 2.68. The number of phenols is 2. The van der Waals surface area contributed by atoms with E-state index in [4.69, 9.17) is 14.2 Å². The lowest BCUT2D eigenvalue weighted by Crippen LogP contribution is -2.53. The van der Waals surface area contributed by atoms with Crippen molar-refractivity contribution in [3.8, 4) is 17.2 Å². The lowest BCUT2D eigenvalue weighted by atomic mass is 9.77. The molecule has 1 heterocycles. The Bertz CT molecular complexity index is 997. The number of aryl methyl sites for hydroxylation is 1. The second kappa shape index (κ2) is 7.87. The fourth-order valence-corrected chi connectivity index (χ4v) is 3.61. The third-order valence-electron chi connectivity index (χ3n) is 5.27. The number of rotatable bonds is 4. The molecule has 2 atom stereocenters. The van der Waals surface area contributed by atoms with Gasteiger partial charge in [-0.3, -0.25) is 4.79 Å². The average molecular weight is 416 g/mol. The van der Waals surface area contributed by atoms with Crippen LogP contribution in [0, 0.1) is 6.92 Å². The first-order valence-electron chi connectivity index (χ1n) is 9.38. The Kier molecular flexibility index (Phi) is 5.63. The monoisotopic (exact) mass is 416 g/mol. The van der Waals surface area contributed by atoms with Crippen molar-refractivity contribution in [3.05, 3.63) is 52.3 Å². The molecule has 0 unspecified atom stereocenters. The Morgan fingerprint density at radius 3 is 2.70 bits per heavy atom. The highest BCUT2D eigenvalue weighted by Crippen LogP contribution is 2.42. The van der Waals surface area contributed by atoms with Gasteiger partial charge in [0.2, 0.25) is 5.75 Å². The molecular formula is C22H24O8. The van der Waals surface area contributed by atoms with E-state index in [0.717, 1.165) is 0 Å². The molecule has 2 aliphatic rings. The van der Waals surface area contributed by atoms with Crippen molar-refractivity contribution in [2.45, 2.75) is 38.9 Å². The molecule has 30 heavy (non-hydrogen) atoms. The highest BCUT2D eigenvalue weighted by molar-refractivity contribution is 6.05. The first-order chi connectivity index (χ1) is 14.1. The van der Waals surface area contributed by atoms with E-state index in [-0.39, 0.29) is 24.3 Å². The van der Waals surface area contributed by atoms with E-state index in [1.807, 2.05) is 6.92 Å². The van der Waals surface area contributed by atoms with Gasteiger partial charge in [0.1, 0.15) is 24.0 Å². The van der Waals surface area contributed by atoms with Crippen molar-refractivity contribution in [2.75, 3.05) is 13.7 Å². The molecule has 0 amide bonds. The van der Waals surface area contributed by atoms with Crippen LogP contribution in [0.1, 0.15) is 36.2 Å². The van der Waals surface area contributed by atoms with Crippen LogP contribution in [0.25, 0.3) is 0 Å². The number of carbonyl (C=O) groups is 2. The van der Waals surface area contributed by atoms with E-state index in [1.165, 1.54) is 27.0 Å². The highest BCUT2D eigenvalue weighted by Gasteiger charge is 2.49. The number of aromatic hydroxyl groups is 2. The Morgan fingerprint density at radius 1 is 1.37 bits per heavy atom. The quantitative estimate of drug-likeness (QED) is 0.505. The molecule has 8 nitrogen and oxygen atoms in total. The van der Waals surface area contributed by atoms with Gasteiger partial charge in [-0.15, -0.1) is 0 Å². The lowest BCUT2D eigenvalue weighted by molar-refractivity contribution is -0.146. The van der Waals surface area contributed by atoms with E-state index >= 15 is 0 Å². The third kappa shape index (κ3) is 3.54. The number of hydrogen-bond donors (Lipinski definition) is 3.